The lowest BCUT2D eigenvalue weighted by molar-refractivity contribution is -0.468. The molecule has 2 rings (SSSR count). The molecule has 1 aromatic rings. The molecule has 24 heavy (non-hydrogen) atoms. The van der Waals surface area contributed by atoms with E-state index in [2.05, 4.69) is 25.8 Å². The average molecular weight is 417 g/mol. The molecular formula is C13H10BrF5N2O3. The fraction of sp³-hybridized carbons (Fsp3) is 0.385. The highest BCUT2D eigenvalue weighted by molar-refractivity contribution is 9.10. The Kier molecular flexibility index (Phi) is 4.72. The number of carbonyl (C=O) groups excluding carboxylic acids is 1. The van der Waals surface area contributed by atoms with Crippen LogP contribution in [0.2, 0.25) is 0 Å². The van der Waals surface area contributed by atoms with Gasteiger partial charge in [0.05, 0.1) is 0 Å². The van der Waals surface area contributed by atoms with E-state index in [9.17, 15) is 31.9 Å². The van der Waals surface area contributed by atoms with Crippen molar-refractivity contribution in [2.75, 3.05) is 0 Å². The lowest BCUT2D eigenvalue weighted by Crippen LogP contribution is -2.61. The monoisotopic (exact) mass is 416 g/mol. The van der Waals surface area contributed by atoms with E-state index < -0.39 is 30.5 Å². The summed E-state index contributed by atoms with van der Waals surface area (Å²) in [5.74, 6) is -1.21. The summed E-state index contributed by atoms with van der Waals surface area (Å²) in [6.07, 6.45) is -11.9. The highest BCUT2D eigenvalue weighted by atomic mass is 79.9. The second-order valence-corrected chi connectivity index (χ2v) is 5.94. The van der Waals surface area contributed by atoms with Crippen LogP contribution in [0.3, 0.4) is 0 Å². The molecule has 0 radical (unpaired) electrons. The van der Waals surface area contributed by atoms with Crippen LogP contribution in [0.4, 0.5) is 22.0 Å². The van der Waals surface area contributed by atoms with Crippen LogP contribution in [0, 0.1) is 0 Å². The minimum atomic E-state index is -5.72. The van der Waals surface area contributed by atoms with E-state index in [-0.39, 0.29) is 16.3 Å². The van der Waals surface area contributed by atoms with Crippen molar-refractivity contribution in [1.82, 2.24) is 5.01 Å². The van der Waals surface area contributed by atoms with Crippen LogP contribution >= 0.6 is 15.9 Å². The van der Waals surface area contributed by atoms with Gasteiger partial charge >= 0.3 is 12.5 Å². The topological polar surface area (TPSA) is 62.1 Å². The molecule has 0 fully saturated rings. The number of carbonyl (C=O) groups is 1. The minimum Gasteiger partial charge on any atom is -0.362 e. The van der Waals surface area contributed by atoms with Crippen LogP contribution in [0.1, 0.15) is 23.7 Å². The first kappa shape index (κ1) is 18.7. The van der Waals surface area contributed by atoms with Crippen LogP contribution in [-0.2, 0) is 4.74 Å². The summed E-state index contributed by atoms with van der Waals surface area (Å²) >= 11 is 3.07. The maximum atomic E-state index is 13.9. The first-order valence-electron chi connectivity index (χ1n) is 6.37. The Labute approximate surface area is 140 Å². The van der Waals surface area contributed by atoms with E-state index in [1.165, 1.54) is 25.1 Å². The van der Waals surface area contributed by atoms with E-state index >= 15 is 0 Å². The molecule has 0 spiro atoms. The maximum Gasteiger partial charge on any atom is 0.527 e. The number of alkyl halides is 5. The number of rotatable bonds is 3. The van der Waals surface area contributed by atoms with Gasteiger partial charge in [-0.2, -0.15) is 18.9 Å². The van der Waals surface area contributed by atoms with Gasteiger partial charge in [0.15, 0.2) is 0 Å². The van der Waals surface area contributed by atoms with Gasteiger partial charge in [0, 0.05) is 22.2 Å². The average Bonchev–Trinajstić information content (AvgIpc) is 2.72. The third-order valence-corrected chi connectivity index (χ3v) is 3.59. The molecule has 0 bridgehead atoms. The zero-order valence-corrected chi connectivity index (χ0v) is 13.5. The van der Waals surface area contributed by atoms with Crippen molar-refractivity contribution >= 4 is 27.5 Å². The summed E-state index contributed by atoms with van der Waals surface area (Å²) in [6, 6.07) is 5.43. The van der Waals surface area contributed by atoms with Gasteiger partial charge in [-0.3, -0.25) is 4.79 Å². The fourth-order valence-electron chi connectivity index (χ4n) is 2.13. The predicted molar refractivity (Wildman–Crippen MR) is 75.1 cm³/mol. The molecule has 1 aliphatic rings. The molecule has 1 atom stereocenters. The molecule has 0 aliphatic carbocycles. The fourth-order valence-corrected chi connectivity index (χ4v) is 2.53. The van der Waals surface area contributed by atoms with Gasteiger partial charge in [-0.25, -0.2) is 4.74 Å². The molecule has 11 heteroatoms. The zero-order chi connectivity index (χ0) is 18.3. The lowest BCUT2D eigenvalue weighted by atomic mass is 10.1. The first-order valence-corrected chi connectivity index (χ1v) is 7.16. The van der Waals surface area contributed by atoms with Crippen LogP contribution < -0.4 is 0 Å². The van der Waals surface area contributed by atoms with Crippen LogP contribution in [0.25, 0.3) is 0 Å². The van der Waals surface area contributed by atoms with E-state index in [1.807, 2.05) is 0 Å². The Hall–Kier alpha value is -1.59. The van der Waals surface area contributed by atoms with Gasteiger partial charge in [0.2, 0.25) is 0 Å². The summed E-state index contributed by atoms with van der Waals surface area (Å²) in [5, 5.41) is 13.5. The van der Waals surface area contributed by atoms with Gasteiger partial charge in [-0.15, -0.1) is 13.2 Å². The smallest absolute Gasteiger partial charge is 0.362 e. The van der Waals surface area contributed by atoms with E-state index in [1.54, 1.807) is 6.07 Å². The number of hydrogen-bond acceptors (Lipinski definition) is 4. The third-order valence-electron chi connectivity index (χ3n) is 3.10. The number of benzene rings is 1. The van der Waals surface area contributed by atoms with Gasteiger partial charge in [0.1, 0.15) is 0 Å². The number of aliphatic hydroxyl groups is 1. The molecule has 0 saturated carbocycles. The highest BCUT2D eigenvalue weighted by Crippen LogP contribution is 2.43. The molecule has 0 unspecified atom stereocenters. The summed E-state index contributed by atoms with van der Waals surface area (Å²) in [7, 11) is 0. The second kappa shape index (κ2) is 6.05. The Bertz CT molecular complexity index is 694. The lowest BCUT2D eigenvalue weighted by Gasteiger charge is -2.36. The minimum absolute atomic E-state index is 0.0875. The maximum absolute atomic E-state index is 13.9. The van der Waals surface area contributed by atoms with Gasteiger partial charge < -0.3 is 5.11 Å². The molecule has 1 aliphatic heterocycles. The SMILES string of the molecule is CC1=NN(C(=O)c2cccc(Br)c2)[C@](O)(C(F)(F)OC(F)(F)F)C1. The van der Waals surface area contributed by atoms with Crippen LogP contribution in [0.15, 0.2) is 33.8 Å². The van der Waals surface area contributed by atoms with E-state index in [0.29, 0.717) is 4.47 Å². The zero-order valence-electron chi connectivity index (χ0n) is 11.9. The number of amides is 1. The quantitative estimate of drug-likeness (QED) is 0.767. The van der Waals surface area contributed by atoms with Gasteiger partial charge in [-0.05, 0) is 25.1 Å². The Morgan fingerprint density at radius 3 is 2.54 bits per heavy atom. The normalized spacial score (nSPS) is 21.8. The Morgan fingerprint density at radius 2 is 2.00 bits per heavy atom. The van der Waals surface area contributed by atoms with Crippen molar-refractivity contribution in [1.29, 1.82) is 0 Å². The molecule has 1 heterocycles. The highest BCUT2D eigenvalue weighted by Gasteiger charge is 2.66. The summed E-state index contributed by atoms with van der Waals surface area (Å²) in [4.78, 5) is 12.3. The molecule has 0 aromatic heterocycles. The van der Waals surface area contributed by atoms with Gasteiger partial charge in [0.25, 0.3) is 11.6 Å². The van der Waals surface area contributed by atoms with Crippen molar-refractivity contribution in [3.63, 3.8) is 0 Å². The van der Waals surface area contributed by atoms with Crippen molar-refractivity contribution in [2.45, 2.75) is 31.5 Å². The van der Waals surface area contributed by atoms with E-state index in [4.69, 9.17) is 0 Å². The molecule has 1 N–H and O–H groups in total. The molecule has 5 nitrogen and oxygen atoms in total. The number of hydrogen-bond donors (Lipinski definition) is 1. The number of hydrazone groups is 1. The third kappa shape index (κ3) is 3.57. The Morgan fingerprint density at radius 1 is 1.38 bits per heavy atom. The van der Waals surface area contributed by atoms with Crippen LogP contribution in [-0.4, -0.2) is 39.9 Å². The largest absolute Gasteiger partial charge is 0.527 e. The molecule has 132 valence electrons. The van der Waals surface area contributed by atoms with Crippen molar-refractivity contribution in [3.8, 4) is 0 Å². The summed E-state index contributed by atoms with van der Waals surface area (Å²) < 4.78 is 67.7. The summed E-state index contributed by atoms with van der Waals surface area (Å²) in [5.41, 5.74) is -3.93. The second-order valence-electron chi connectivity index (χ2n) is 5.02. The number of ether oxygens (including phenoxy) is 1. The number of nitrogens with zero attached hydrogens (tertiary/aromatic N) is 2. The van der Waals surface area contributed by atoms with Crippen molar-refractivity contribution in [3.05, 3.63) is 34.3 Å². The summed E-state index contributed by atoms with van der Waals surface area (Å²) in [6.45, 7) is 1.18. The standard InChI is InChI=1S/C13H10BrF5N2O3/c1-7-6-11(23,12(15,16)24-13(17,18)19)21(20-7)10(22)8-3-2-4-9(14)5-8/h2-5,23H,6H2,1H3/t11-/m1/s1. The molecule has 1 aromatic carbocycles. The molecule has 1 amide bonds. The van der Waals surface area contributed by atoms with Crippen molar-refractivity contribution in [2.24, 2.45) is 5.10 Å². The molecule has 0 saturated heterocycles. The van der Waals surface area contributed by atoms with E-state index in [0.717, 1.165) is 0 Å². The van der Waals surface area contributed by atoms with Crippen molar-refractivity contribution < 1.29 is 36.6 Å². The van der Waals surface area contributed by atoms with Crippen LogP contribution in [0.5, 0.6) is 0 Å². The molecular weight excluding hydrogens is 407 g/mol. The number of halogens is 6. The Balaban J connectivity index is 2.41. The van der Waals surface area contributed by atoms with Gasteiger partial charge in [-0.1, -0.05) is 22.0 Å². The first-order chi connectivity index (χ1) is 10.9. The predicted octanol–water partition coefficient (Wildman–Crippen LogP) is 3.49.